The number of aryl methyl sites for hydroxylation is 1. The molecular weight excluding hydrogens is 496 g/mol. The summed E-state index contributed by atoms with van der Waals surface area (Å²) >= 11 is 0. The van der Waals surface area contributed by atoms with Crippen LogP contribution in [0.2, 0.25) is 0 Å². The average Bonchev–Trinajstić information content (AvgIpc) is 3.40. The van der Waals surface area contributed by atoms with Crippen molar-refractivity contribution in [2.75, 3.05) is 33.4 Å². The van der Waals surface area contributed by atoms with Crippen LogP contribution in [-0.4, -0.2) is 70.6 Å². The molecule has 2 amide bonds. The summed E-state index contributed by atoms with van der Waals surface area (Å²) in [5, 5.41) is 5.95. The zero-order valence-corrected chi connectivity index (χ0v) is 22.9. The van der Waals surface area contributed by atoms with E-state index in [1.807, 2.05) is 55.3 Å². The van der Waals surface area contributed by atoms with Crippen LogP contribution in [0.15, 0.2) is 55.1 Å². The van der Waals surface area contributed by atoms with E-state index in [1.54, 1.807) is 25.7 Å². The highest BCUT2D eigenvalue weighted by atomic mass is 16.5. The largest absolute Gasteiger partial charge is 0.493 e. The van der Waals surface area contributed by atoms with Gasteiger partial charge in [-0.25, -0.2) is 4.98 Å². The molecule has 3 heterocycles. The normalized spacial score (nSPS) is 18.1. The lowest BCUT2D eigenvalue weighted by molar-refractivity contribution is -0.130. The van der Waals surface area contributed by atoms with Crippen LogP contribution in [0.4, 0.5) is 0 Å². The number of carbonyl (C=O) groups excluding carboxylic acids is 2. The van der Waals surface area contributed by atoms with Crippen LogP contribution in [0.5, 0.6) is 11.5 Å². The number of nitrogens with one attached hydrogen (secondary N) is 2. The lowest BCUT2D eigenvalue weighted by Gasteiger charge is -2.25. The number of methoxy groups -OCH3 is 1. The summed E-state index contributed by atoms with van der Waals surface area (Å²) in [4.78, 5) is 36.9. The molecule has 0 spiro atoms. The number of hydrogen-bond acceptors (Lipinski definition) is 7. The van der Waals surface area contributed by atoms with Crippen molar-refractivity contribution in [3.63, 3.8) is 0 Å². The molecule has 1 atom stereocenters. The van der Waals surface area contributed by atoms with Crippen molar-refractivity contribution in [1.82, 2.24) is 30.1 Å². The maximum atomic E-state index is 13.1. The van der Waals surface area contributed by atoms with E-state index >= 15 is 0 Å². The van der Waals surface area contributed by atoms with Gasteiger partial charge < -0.3 is 24.7 Å². The minimum Gasteiger partial charge on any atom is -0.493 e. The predicted octanol–water partition coefficient (Wildman–Crippen LogP) is 2.89. The average molecular weight is 535 g/mol. The van der Waals surface area contributed by atoms with Gasteiger partial charge in [0.05, 0.1) is 20.3 Å². The number of amides is 2. The highest BCUT2D eigenvalue weighted by Gasteiger charge is 2.25. The van der Waals surface area contributed by atoms with Gasteiger partial charge in [0, 0.05) is 56.5 Å². The van der Waals surface area contributed by atoms with Gasteiger partial charge in [0.1, 0.15) is 11.9 Å². The van der Waals surface area contributed by atoms with Crippen LogP contribution in [0.3, 0.4) is 0 Å². The second-order valence-electron chi connectivity index (χ2n) is 10.0. The molecule has 4 rings (SSSR count). The first-order valence-electron chi connectivity index (χ1n) is 13.4. The van der Waals surface area contributed by atoms with Gasteiger partial charge in [-0.15, -0.1) is 0 Å². The Kier molecular flexibility index (Phi) is 9.91. The number of aromatic nitrogens is 3. The van der Waals surface area contributed by atoms with Gasteiger partial charge in [-0.3, -0.25) is 19.5 Å². The van der Waals surface area contributed by atoms with Crippen molar-refractivity contribution in [1.29, 1.82) is 0 Å². The molecule has 2 bridgehead atoms. The van der Waals surface area contributed by atoms with Gasteiger partial charge in [0.2, 0.25) is 11.8 Å². The van der Waals surface area contributed by atoms with Gasteiger partial charge in [-0.1, -0.05) is 19.9 Å². The molecule has 39 heavy (non-hydrogen) atoms. The summed E-state index contributed by atoms with van der Waals surface area (Å²) in [5.74, 6) is 1.70. The van der Waals surface area contributed by atoms with E-state index < -0.39 is 6.04 Å². The molecule has 208 valence electrons. The van der Waals surface area contributed by atoms with E-state index in [0.29, 0.717) is 57.1 Å². The number of ether oxygens (including phenoxy) is 2. The van der Waals surface area contributed by atoms with E-state index in [1.165, 1.54) is 0 Å². The molecule has 0 aliphatic carbocycles. The molecular formula is C29H38N6O4. The lowest BCUT2D eigenvalue weighted by atomic mass is 10.0. The SMILES string of the molecule is COc1ccc2cc1OCCCN(Cc1cccnc1)CC(=O)N[C@H](C(C)C)C(=O)NCCCn1ccnc1-2. The molecule has 0 unspecified atom stereocenters. The van der Waals surface area contributed by atoms with Crippen molar-refractivity contribution in [3.05, 3.63) is 60.7 Å². The van der Waals surface area contributed by atoms with Gasteiger partial charge in [-0.05, 0) is 48.6 Å². The zero-order chi connectivity index (χ0) is 27.6. The molecule has 10 heteroatoms. The Bertz CT molecular complexity index is 1230. The third kappa shape index (κ3) is 7.79. The van der Waals surface area contributed by atoms with Gasteiger partial charge in [0.15, 0.2) is 11.5 Å². The Morgan fingerprint density at radius 2 is 2.03 bits per heavy atom. The van der Waals surface area contributed by atoms with Crippen molar-refractivity contribution in [3.8, 4) is 22.9 Å². The van der Waals surface area contributed by atoms with Crippen molar-refractivity contribution in [2.24, 2.45) is 5.92 Å². The smallest absolute Gasteiger partial charge is 0.242 e. The van der Waals surface area contributed by atoms with E-state index in [9.17, 15) is 9.59 Å². The number of nitrogens with zero attached hydrogens (tertiary/aromatic N) is 4. The van der Waals surface area contributed by atoms with Crippen molar-refractivity contribution >= 4 is 11.8 Å². The first-order valence-corrected chi connectivity index (χ1v) is 13.4. The molecule has 0 saturated heterocycles. The number of carbonyl (C=O) groups is 2. The number of benzene rings is 1. The molecule has 0 saturated carbocycles. The number of pyridine rings is 1. The molecule has 2 aromatic heterocycles. The molecule has 0 fully saturated rings. The second-order valence-corrected chi connectivity index (χ2v) is 10.0. The Morgan fingerprint density at radius 3 is 2.79 bits per heavy atom. The monoisotopic (exact) mass is 534 g/mol. The van der Waals surface area contributed by atoms with E-state index in [2.05, 4.69) is 25.2 Å². The molecule has 3 aromatic rings. The number of imidazole rings is 1. The summed E-state index contributed by atoms with van der Waals surface area (Å²) < 4.78 is 13.8. The quantitative estimate of drug-likeness (QED) is 0.530. The van der Waals surface area contributed by atoms with Gasteiger partial charge in [0.25, 0.3) is 0 Å². The Balaban J connectivity index is 1.57. The lowest BCUT2D eigenvalue weighted by Crippen LogP contribution is -2.52. The third-order valence-electron chi connectivity index (χ3n) is 6.65. The first-order chi connectivity index (χ1) is 18.9. The third-order valence-corrected chi connectivity index (χ3v) is 6.65. The fraction of sp³-hybridized carbons (Fsp3) is 0.448. The molecule has 1 aromatic carbocycles. The summed E-state index contributed by atoms with van der Waals surface area (Å²) in [7, 11) is 1.62. The van der Waals surface area contributed by atoms with Crippen molar-refractivity contribution in [2.45, 2.75) is 45.8 Å². The summed E-state index contributed by atoms with van der Waals surface area (Å²) in [6.07, 6.45) is 8.62. The molecule has 0 radical (unpaired) electrons. The maximum absolute atomic E-state index is 13.1. The predicted molar refractivity (Wildman–Crippen MR) is 148 cm³/mol. The molecule has 1 aliphatic rings. The minimum absolute atomic E-state index is 0.0511. The molecule has 1 aliphatic heterocycles. The van der Waals surface area contributed by atoms with Crippen LogP contribution in [0, 0.1) is 5.92 Å². The summed E-state index contributed by atoms with van der Waals surface area (Å²) in [5.41, 5.74) is 1.93. The Hall–Kier alpha value is -3.92. The fourth-order valence-corrected chi connectivity index (χ4v) is 4.64. The standard InChI is InChI=1S/C29H38N6O4/c1-21(2)27-29(37)32-11-5-14-35-15-12-31-28(35)23-8-9-24(38-3)25(17-23)39-16-6-13-34(20-26(36)33-27)19-22-7-4-10-30-18-22/h4,7-10,12,15,17-18,21,27H,5-6,11,13-14,16,19-20H2,1-3H3,(H,32,37)(H,33,36)/t27-/m1/s1. The first kappa shape index (κ1) is 28.1. The van der Waals surface area contributed by atoms with Crippen LogP contribution in [-0.2, 0) is 22.7 Å². The van der Waals surface area contributed by atoms with Gasteiger partial charge in [-0.2, -0.15) is 0 Å². The van der Waals surface area contributed by atoms with Crippen LogP contribution in [0.1, 0.15) is 32.3 Å². The van der Waals surface area contributed by atoms with Crippen LogP contribution >= 0.6 is 0 Å². The summed E-state index contributed by atoms with van der Waals surface area (Å²) in [6, 6.07) is 9.06. The van der Waals surface area contributed by atoms with E-state index in [4.69, 9.17) is 9.47 Å². The maximum Gasteiger partial charge on any atom is 0.242 e. The van der Waals surface area contributed by atoms with Crippen molar-refractivity contribution < 1.29 is 19.1 Å². The second kappa shape index (κ2) is 13.7. The number of fused-ring (bicyclic) bond motifs is 4. The molecule has 10 nitrogen and oxygen atoms in total. The van der Waals surface area contributed by atoms with Crippen LogP contribution in [0.25, 0.3) is 11.4 Å². The molecule has 2 N–H and O–H groups in total. The topological polar surface area (TPSA) is 111 Å². The Labute approximate surface area is 229 Å². The van der Waals surface area contributed by atoms with E-state index in [-0.39, 0.29) is 24.3 Å². The van der Waals surface area contributed by atoms with E-state index in [0.717, 1.165) is 17.0 Å². The fourth-order valence-electron chi connectivity index (χ4n) is 4.64. The number of rotatable bonds is 4. The highest BCUT2D eigenvalue weighted by molar-refractivity contribution is 5.88. The van der Waals surface area contributed by atoms with Gasteiger partial charge >= 0.3 is 0 Å². The summed E-state index contributed by atoms with van der Waals surface area (Å²) in [6.45, 7) is 6.81. The minimum atomic E-state index is -0.610. The highest BCUT2D eigenvalue weighted by Crippen LogP contribution is 2.32. The van der Waals surface area contributed by atoms with Crippen LogP contribution < -0.4 is 20.1 Å². The Morgan fingerprint density at radius 1 is 1.15 bits per heavy atom. The zero-order valence-electron chi connectivity index (χ0n) is 22.9. The number of hydrogen-bond donors (Lipinski definition) is 2.